The Hall–Kier alpha value is -0.830. The number of nitrogen functional groups attached to an aromatic ring is 1. The first-order valence-corrected chi connectivity index (χ1v) is 7.81. The molecular weight excluding hydrogens is 260 g/mol. The van der Waals surface area contributed by atoms with E-state index < -0.39 is 10.0 Å². The topological polar surface area (TPSA) is 97.1 Å². The van der Waals surface area contributed by atoms with Crippen molar-refractivity contribution in [1.29, 1.82) is 0 Å². The summed E-state index contributed by atoms with van der Waals surface area (Å²) < 4.78 is 26.4. The van der Waals surface area contributed by atoms with Gasteiger partial charge in [-0.25, -0.2) is 24.0 Å². The summed E-state index contributed by atoms with van der Waals surface area (Å²) in [5.74, 6) is 6.28. The minimum atomic E-state index is -3.50. The second-order valence-corrected chi connectivity index (χ2v) is 6.13. The summed E-state index contributed by atoms with van der Waals surface area (Å²) in [4.78, 5) is 3.99. The molecule has 1 unspecified atom stereocenters. The Labute approximate surface area is 105 Å². The third-order valence-electron chi connectivity index (χ3n) is 1.97. The van der Waals surface area contributed by atoms with Crippen LogP contribution in [0, 0.1) is 0 Å². The third kappa shape index (κ3) is 4.15. The number of nitrogens with two attached hydrogens (primary N) is 1. The van der Waals surface area contributed by atoms with Crippen LogP contribution in [0.25, 0.3) is 0 Å². The zero-order valence-electron chi connectivity index (χ0n) is 9.67. The number of nitrogens with one attached hydrogen (secondary N) is 2. The van der Waals surface area contributed by atoms with Crippen LogP contribution in [-0.2, 0) is 10.0 Å². The summed E-state index contributed by atoms with van der Waals surface area (Å²) in [6.07, 6.45) is 3.19. The van der Waals surface area contributed by atoms with E-state index in [0.717, 1.165) is 5.75 Å². The van der Waals surface area contributed by atoms with Gasteiger partial charge in [0.1, 0.15) is 10.7 Å². The molecule has 0 bridgehead atoms. The predicted octanol–water partition coefficient (Wildman–Crippen LogP) is 0.397. The summed E-state index contributed by atoms with van der Waals surface area (Å²) in [7, 11) is -3.50. The van der Waals surface area contributed by atoms with Crippen molar-refractivity contribution in [3.8, 4) is 0 Å². The molecule has 1 aromatic heterocycles. The van der Waals surface area contributed by atoms with Gasteiger partial charge < -0.3 is 5.43 Å². The lowest BCUT2D eigenvalue weighted by Gasteiger charge is -2.12. The van der Waals surface area contributed by atoms with Gasteiger partial charge in [0.25, 0.3) is 0 Å². The minimum absolute atomic E-state index is 0.123. The number of thioether (sulfide) groups is 1. The zero-order chi connectivity index (χ0) is 12.9. The average Bonchev–Trinajstić information content (AvgIpc) is 2.28. The van der Waals surface area contributed by atoms with Crippen LogP contribution >= 0.6 is 11.8 Å². The van der Waals surface area contributed by atoms with E-state index in [2.05, 4.69) is 15.1 Å². The van der Waals surface area contributed by atoms with E-state index in [1.807, 2.05) is 13.2 Å². The number of hydrazine groups is 1. The van der Waals surface area contributed by atoms with Gasteiger partial charge in [-0.15, -0.1) is 0 Å². The van der Waals surface area contributed by atoms with Crippen molar-refractivity contribution in [2.45, 2.75) is 17.9 Å². The Morgan fingerprint density at radius 1 is 1.53 bits per heavy atom. The van der Waals surface area contributed by atoms with Crippen LogP contribution in [0.4, 0.5) is 5.82 Å². The number of sulfonamides is 1. The largest absolute Gasteiger partial charge is 0.308 e. The number of pyridine rings is 1. The summed E-state index contributed by atoms with van der Waals surface area (Å²) >= 11 is 1.58. The Kier molecular flexibility index (Phi) is 5.19. The summed E-state index contributed by atoms with van der Waals surface area (Å²) in [5, 5.41) is 0. The molecule has 0 radical (unpaired) electrons. The Bertz CT molecular complexity index is 447. The fourth-order valence-electron chi connectivity index (χ4n) is 1.24. The standard InChI is InChI=1S/C9H16N4O2S2/c1-7(6-16-2)13-17(14,15)8-3-4-9(12-10)11-5-8/h3-5,7,13H,6,10H2,1-2H3,(H,11,12). The number of anilines is 1. The van der Waals surface area contributed by atoms with Gasteiger partial charge in [0.15, 0.2) is 0 Å². The van der Waals surface area contributed by atoms with Crippen LogP contribution in [0.1, 0.15) is 6.92 Å². The van der Waals surface area contributed by atoms with Gasteiger partial charge >= 0.3 is 0 Å². The normalized spacial score (nSPS) is 13.4. The van der Waals surface area contributed by atoms with Gasteiger partial charge in [0, 0.05) is 18.0 Å². The van der Waals surface area contributed by atoms with E-state index in [9.17, 15) is 8.42 Å². The van der Waals surface area contributed by atoms with E-state index in [-0.39, 0.29) is 10.9 Å². The highest BCUT2D eigenvalue weighted by Crippen LogP contribution is 2.11. The molecule has 6 nitrogen and oxygen atoms in total. The first-order valence-electron chi connectivity index (χ1n) is 4.93. The highest BCUT2D eigenvalue weighted by atomic mass is 32.2. The molecule has 0 aliphatic carbocycles. The molecule has 0 aliphatic rings. The molecule has 4 N–H and O–H groups in total. The van der Waals surface area contributed by atoms with E-state index in [1.165, 1.54) is 18.3 Å². The maximum absolute atomic E-state index is 11.9. The van der Waals surface area contributed by atoms with Crippen molar-refractivity contribution >= 4 is 27.6 Å². The molecular formula is C9H16N4O2S2. The molecule has 1 heterocycles. The fourth-order valence-corrected chi connectivity index (χ4v) is 3.12. The second kappa shape index (κ2) is 6.20. The number of hydrogen-bond acceptors (Lipinski definition) is 6. The van der Waals surface area contributed by atoms with E-state index in [0.29, 0.717) is 5.82 Å². The monoisotopic (exact) mass is 276 g/mol. The van der Waals surface area contributed by atoms with Gasteiger partial charge in [0.05, 0.1) is 0 Å². The minimum Gasteiger partial charge on any atom is -0.308 e. The lowest BCUT2D eigenvalue weighted by atomic mass is 10.4. The Morgan fingerprint density at radius 3 is 2.71 bits per heavy atom. The fraction of sp³-hybridized carbons (Fsp3) is 0.444. The molecule has 1 atom stereocenters. The number of nitrogens with zero attached hydrogens (tertiary/aromatic N) is 1. The summed E-state index contributed by atoms with van der Waals surface area (Å²) in [6.45, 7) is 1.82. The predicted molar refractivity (Wildman–Crippen MR) is 70.2 cm³/mol. The van der Waals surface area contributed by atoms with Crippen molar-refractivity contribution in [3.63, 3.8) is 0 Å². The van der Waals surface area contributed by atoms with Crippen molar-refractivity contribution in [2.75, 3.05) is 17.4 Å². The lowest BCUT2D eigenvalue weighted by molar-refractivity contribution is 0.570. The van der Waals surface area contributed by atoms with Crippen LogP contribution in [0.3, 0.4) is 0 Å². The van der Waals surface area contributed by atoms with Crippen LogP contribution in [-0.4, -0.2) is 31.5 Å². The highest BCUT2D eigenvalue weighted by Gasteiger charge is 2.17. The molecule has 96 valence electrons. The molecule has 0 aromatic carbocycles. The molecule has 0 spiro atoms. The second-order valence-electron chi connectivity index (χ2n) is 3.50. The van der Waals surface area contributed by atoms with Crippen LogP contribution < -0.4 is 16.0 Å². The zero-order valence-corrected chi connectivity index (χ0v) is 11.3. The first kappa shape index (κ1) is 14.2. The summed E-state index contributed by atoms with van der Waals surface area (Å²) in [6, 6.07) is 2.84. The van der Waals surface area contributed by atoms with Gasteiger partial charge in [-0.3, -0.25) is 0 Å². The molecule has 0 aliphatic heterocycles. The SMILES string of the molecule is CSCC(C)NS(=O)(=O)c1ccc(NN)nc1. The van der Waals surface area contributed by atoms with E-state index >= 15 is 0 Å². The quantitative estimate of drug-likeness (QED) is 0.514. The van der Waals surface area contributed by atoms with Gasteiger partial charge in [0.2, 0.25) is 10.0 Å². The van der Waals surface area contributed by atoms with Gasteiger partial charge in [-0.05, 0) is 25.3 Å². The van der Waals surface area contributed by atoms with Crippen molar-refractivity contribution in [1.82, 2.24) is 9.71 Å². The van der Waals surface area contributed by atoms with Crippen molar-refractivity contribution < 1.29 is 8.42 Å². The van der Waals surface area contributed by atoms with E-state index in [4.69, 9.17) is 5.84 Å². The first-order chi connectivity index (χ1) is 7.99. The lowest BCUT2D eigenvalue weighted by Crippen LogP contribution is -2.34. The smallest absolute Gasteiger partial charge is 0.242 e. The van der Waals surface area contributed by atoms with E-state index in [1.54, 1.807) is 11.8 Å². The van der Waals surface area contributed by atoms with Crippen molar-refractivity contribution in [3.05, 3.63) is 18.3 Å². The Morgan fingerprint density at radius 2 is 2.24 bits per heavy atom. The molecule has 17 heavy (non-hydrogen) atoms. The van der Waals surface area contributed by atoms with Gasteiger partial charge in [-0.1, -0.05) is 0 Å². The van der Waals surface area contributed by atoms with Crippen molar-refractivity contribution in [2.24, 2.45) is 5.84 Å². The molecule has 0 amide bonds. The van der Waals surface area contributed by atoms with Crippen LogP contribution in [0.15, 0.2) is 23.2 Å². The van der Waals surface area contributed by atoms with Gasteiger partial charge in [-0.2, -0.15) is 11.8 Å². The maximum atomic E-state index is 11.9. The molecule has 0 saturated carbocycles. The molecule has 1 aromatic rings. The third-order valence-corrected chi connectivity index (χ3v) is 4.38. The average molecular weight is 276 g/mol. The summed E-state index contributed by atoms with van der Waals surface area (Å²) in [5.41, 5.74) is 2.34. The number of aromatic nitrogens is 1. The maximum Gasteiger partial charge on any atom is 0.242 e. The number of hydrogen-bond donors (Lipinski definition) is 3. The number of rotatable bonds is 6. The Balaban J connectivity index is 2.82. The highest BCUT2D eigenvalue weighted by molar-refractivity contribution is 7.98. The molecule has 8 heteroatoms. The molecule has 1 rings (SSSR count). The van der Waals surface area contributed by atoms with Crippen LogP contribution in [0.5, 0.6) is 0 Å². The molecule has 0 fully saturated rings. The van der Waals surface area contributed by atoms with Crippen LogP contribution in [0.2, 0.25) is 0 Å². The molecule has 0 saturated heterocycles.